The molecular formula is C9H7ClF3NO3. The lowest BCUT2D eigenvalue weighted by Gasteiger charge is -2.12. The third-order valence-electron chi connectivity index (χ3n) is 1.75. The molecule has 1 aromatic carbocycles. The molecule has 1 rings (SSSR count). The molecular weight excluding hydrogens is 263 g/mol. The third-order valence-corrected chi connectivity index (χ3v) is 1.97. The summed E-state index contributed by atoms with van der Waals surface area (Å²) in [5, 5.41) is 8.52. The van der Waals surface area contributed by atoms with Gasteiger partial charge in [-0.25, -0.2) is 0 Å². The molecule has 0 spiro atoms. The highest BCUT2D eigenvalue weighted by atomic mass is 35.5. The van der Waals surface area contributed by atoms with Crippen LogP contribution in [0, 0.1) is 0 Å². The van der Waals surface area contributed by atoms with E-state index in [0.717, 1.165) is 18.2 Å². The van der Waals surface area contributed by atoms with Gasteiger partial charge in [-0.1, -0.05) is 11.6 Å². The van der Waals surface area contributed by atoms with Crippen molar-refractivity contribution in [3.05, 3.63) is 28.8 Å². The van der Waals surface area contributed by atoms with Gasteiger partial charge in [-0.15, -0.1) is 13.2 Å². The van der Waals surface area contributed by atoms with E-state index in [1.807, 2.05) is 0 Å². The highest BCUT2D eigenvalue weighted by Gasteiger charge is 2.31. The quantitative estimate of drug-likeness (QED) is 0.883. The molecule has 0 saturated carbocycles. The van der Waals surface area contributed by atoms with Crippen molar-refractivity contribution in [3.8, 4) is 5.75 Å². The highest BCUT2D eigenvalue weighted by molar-refractivity contribution is 6.30. The van der Waals surface area contributed by atoms with Gasteiger partial charge in [-0.2, -0.15) is 0 Å². The molecule has 1 unspecified atom stereocenters. The summed E-state index contributed by atoms with van der Waals surface area (Å²) in [5.41, 5.74) is 5.16. The molecule has 17 heavy (non-hydrogen) atoms. The number of halogens is 4. The number of carbonyl (C=O) groups is 1. The highest BCUT2D eigenvalue weighted by Crippen LogP contribution is 2.28. The van der Waals surface area contributed by atoms with Crippen molar-refractivity contribution >= 4 is 17.6 Å². The molecule has 4 nitrogen and oxygen atoms in total. The van der Waals surface area contributed by atoms with Gasteiger partial charge in [0.25, 0.3) is 0 Å². The lowest BCUT2D eigenvalue weighted by molar-refractivity contribution is -0.274. The molecule has 0 aliphatic heterocycles. The Balaban J connectivity index is 3.06. The number of carboxylic acid groups (broad SMARTS) is 1. The molecule has 0 radical (unpaired) electrons. The number of nitrogens with two attached hydrogens (primary N) is 1. The van der Waals surface area contributed by atoms with Crippen molar-refractivity contribution in [2.75, 3.05) is 0 Å². The van der Waals surface area contributed by atoms with E-state index in [0.29, 0.717) is 0 Å². The second-order valence-corrected chi connectivity index (χ2v) is 3.52. The minimum atomic E-state index is -4.88. The monoisotopic (exact) mass is 269 g/mol. The molecule has 0 aromatic heterocycles. The van der Waals surface area contributed by atoms with Gasteiger partial charge in [0, 0.05) is 5.02 Å². The molecule has 8 heteroatoms. The minimum absolute atomic E-state index is 0.0794. The maximum atomic E-state index is 12.0. The second-order valence-electron chi connectivity index (χ2n) is 3.08. The summed E-state index contributed by atoms with van der Waals surface area (Å²) in [6, 6.07) is 1.47. The van der Waals surface area contributed by atoms with E-state index in [2.05, 4.69) is 4.74 Å². The molecule has 0 amide bonds. The summed E-state index contributed by atoms with van der Waals surface area (Å²) in [7, 11) is 0. The molecule has 0 bridgehead atoms. The van der Waals surface area contributed by atoms with Gasteiger partial charge in [0.15, 0.2) is 0 Å². The summed E-state index contributed by atoms with van der Waals surface area (Å²) in [4.78, 5) is 10.6. The molecule has 0 aliphatic rings. The zero-order valence-corrected chi connectivity index (χ0v) is 8.92. The Hall–Kier alpha value is -1.47. The van der Waals surface area contributed by atoms with Crippen LogP contribution >= 0.6 is 11.6 Å². The van der Waals surface area contributed by atoms with Gasteiger partial charge in [0.2, 0.25) is 0 Å². The first-order chi connectivity index (χ1) is 7.69. The normalized spacial score (nSPS) is 13.2. The maximum absolute atomic E-state index is 12.0. The van der Waals surface area contributed by atoms with Crippen molar-refractivity contribution in [3.63, 3.8) is 0 Å². The van der Waals surface area contributed by atoms with Crippen LogP contribution in [-0.4, -0.2) is 17.4 Å². The molecule has 0 saturated heterocycles. The van der Waals surface area contributed by atoms with E-state index in [9.17, 15) is 18.0 Å². The Kier molecular flexibility index (Phi) is 3.84. The molecule has 94 valence electrons. The summed E-state index contributed by atoms with van der Waals surface area (Å²) in [6.07, 6.45) is -4.88. The Bertz CT molecular complexity index is 436. The maximum Gasteiger partial charge on any atom is 0.573 e. The number of aliphatic carboxylic acids is 1. The number of rotatable bonds is 3. The first-order valence-electron chi connectivity index (χ1n) is 4.23. The molecule has 3 N–H and O–H groups in total. The van der Waals surface area contributed by atoms with Gasteiger partial charge in [0.1, 0.15) is 11.8 Å². The van der Waals surface area contributed by atoms with E-state index < -0.39 is 24.1 Å². The first-order valence-corrected chi connectivity index (χ1v) is 4.61. The molecule has 1 aromatic rings. The first kappa shape index (κ1) is 13.6. The number of alkyl halides is 3. The number of hydrogen-bond acceptors (Lipinski definition) is 3. The van der Waals surface area contributed by atoms with E-state index in [1.165, 1.54) is 0 Å². The fraction of sp³-hybridized carbons (Fsp3) is 0.222. The summed E-state index contributed by atoms with van der Waals surface area (Å²) >= 11 is 5.53. The topological polar surface area (TPSA) is 72.6 Å². The van der Waals surface area contributed by atoms with Crippen LogP contribution in [0.2, 0.25) is 5.02 Å². The Morgan fingerprint density at radius 1 is 1.41 bits per heavy atom. The number of carboxylic acids is 1. The fourth-order valence-electron chi connectivity index (χ4n) is 1.10. The lowest BCUT2D eigenvalue weighted by atomic mass is 10.1. The predicted octanol–water partition coefficient (Wildman–Crippen LogP) is 2.32. The summed E-state index contributed by atoms with van der Waals surface area (Å²) in [5.74, 6) is -2.00. The molecule has 0 fully saturated rings. The van der Waals surface area contributed by atoms with Crippen LogP contribution in [0.25, 0.3) is 0 Å². The predicted molar refractivity (Wildman–Crippen MR) is 52.7 cm³/mol. The summed E-state index contributed by atoms with van der Waals surface area (Å²) < 4.78 is 39.5. The molecule has 0 aliphatic carbocycles. The van der Waals surface area contributed by atoms with Crippen LogP contribution in [0.5, 0.6) is 5.75 Å². The van der Waals surface area contributed by atoms with Gasteiger partial charge >= 0.3 is 12.3 Å². The second kappa shape index (κ2) is 4.80. The standard InChI is InChI=1S/C9H7ClF3NO3/c10-5-1-4(7(14)8(15)16)2-6(3-5)17-9(11,12)13/h1-3,7H,14H2,(H,15,16). The van der Waals surface area contributed by atoms with Crippen molar-refractivity contribution in [1.29, 1.82) is 0 Å². The van der Waals surface area contributed by atoms with Gasteiger partial charge < -0.3 is 15.6 Å². The summed E-state index contributed by atoms with van der Waals surface area (Å²) in [6.45, 7) is 0. The number of hydrogen-bond donors (Lipinski definition) is 2. The largest absolute Gasteiger partial charge is 0.573 e. The van der Waals surface area contributed by atoms with Crippen molar-refractivity contribution in [2.24, 2.45) is 5.73 Å². The van der Waals surface area contributed by atoms with Crippen molar-refractivity contribution < 1.29 is 27.8 Å². The van der Waals surface area contributed by atoms with Gasteiger partial charge in [-0.05, 0) is 23.8 Å². The number of benzene rings is 1. The van der Waals surface area contributed by atoms with E-state index in [4.69, 9.17) is 22.4 Å². The smallest absolute Gasteiger partial charge is 0.480 e. The van der Waals surface area contributed by atoms with Crippen LogP contribution in [-0.2, 0) is 4.79 Å². The van der Waals surface area contributed by atoms with Crippen LogP contribution < -0.4 is 10.5 Å². The van der Waals surface area contributed by atoms with Crippen LogP contribution in [0.3, 0.4) is 0 Å². The zero-order valence-electron chi connectivity index (χ0n) is 8.16. The molecule has 1 atom stereocenters. The third kappa shape index (κ3) is 4.12. The van der Waals surface area contributed by atoms with Gasteiger partial charge in [-0.3, -0.25) is 4.79 Å². The van der Waals surface area contributed by atoms with E-state index in [1.54, 1.807) is 0 Å². The zero-order chi connectivity index (χ0) is 13.2. The fourth-order valence-corrected chi connectivity index (χ4v) is 1.33. The number of ether oxygens (including phenoxy) is 1. The average Bonchev–Trinajstić information content (AvgIpc) is 2.12. The van der Waals surface area contributed by atoms with Crippen LogP contribution in [0.1, 0.15) is 11.6 Å². The lowest BCUT2D eigenvalue weighted by Crippen LogP contribution is -2.21. The van der Waals surface area contributed by atoms with Crippen LogP contribution in [0.15, 0.2) is 18.2 Å². The van der Waals surface area contributed by atoms with Crippen molar-refractivity contribution in [2.45, 2.75) is 12.4 Å². The van der Waals surface area contributed by atoms with Gasteiger partial charge in [0.05, 0.1) is 0 Å². The SMILES string of the molecule is NC(C(=O)O)c1cc(Cl)cc(OC(F)(F)F)c1. The van der Waals surface area contributed by atoms with E-state index >= 15 is 0 Å². The average molecular weight is 270 g/mol. The minimum Gasteiger partial charge on any atom is -0.480 e. The van der Waals surface area contributed by atoms with E-state index in [-0.39, 0.29) is 10.6 Å². The van der Waals surface area contributed by atoms with Crippen LogP contribution in [0.4, 0.5) is 13.2 Å². The Morgan fingerprint density at radius 3 is 2.47 bits per heavy atom. The Morgan fingerprint density at radius 2 is 2.00 bits per heavy atom. The molecule has 0 heterocycles. The Labute approximate surface area is 98.7 Å². The van der Waals surface area contributed by atoms with Crippen molar-refractivity contribution in [1.82, 2.24) is 0 Å².